The Morgan fingerprint density at radius 1 is 1.33 bits per heavy atom. The van der Waals surface area contributed by atoms with Crippen molar-refractivity contribution in [2.45, 2.75) is 19.6 Å². The van der Waals surface area contributed by atoms with Gasteiger partial charge < -0.3 is 10.3 Å². The highest BCUT2D eigenvalue weighted by atomic mass is 35.5. The predicted octanol–water partition coefficient (Wildman–Crippen LogP) is 2.13. The fraction of sp³-hybridized carbons (Fsp3) is 0.308. The smallest absolute Gasteiger partial charge is 0.122 e. The van der Waals surface area contributed by atoms with Crippen LogP contribution in [-0.4, -0.2) is 21.0 Å². The second-order valence-corrected chi connectivity index (χ2v) is 5.01. The maximum absolute atomic E-state index is 6.20. The summed E-state index contributed by atoms with van der Waals surface area (Å²) in [5, 5.41) is 0.740. The average Bonchev–Trinajstić information content (AvgIpc) is 2.80. The van der Waals surface area contributed by atoms with E-state index in [1.165, 1.54) is 0 Å². The highest BCUT2D eigenvalue weighted by Gasteiger charge is 2.17. The molecule has 1 aromatic carbocycles. The highest BCUT2D eigenvalue weighted by Crippen LogP contribution is 2.22. The Morgan fingerprint density at radius 2 is 2.22 bits per heavy atom. The molecule has 2 heterocycles. The van der Waals surface area contributed by atoms with Crippen molar-refractivity contribution in [2.75, 3.05) is 12.3 Å². The molecule has 1 aliphatic heterocycles. The first-order valence-corrected chi connectivity index (χ1v) is 6.36. The second kappa shape index (κ2) is 4.63. The monoisotopic (exact) mass is 262 g/mol. The molecule has 0 aliphatic carbocycles. The molecule has 0 amide bonds. The van der Waals surface area contributed by atoms with Gasteiger partial charge in [0.15, 0.2) is 0 Å². The normalized spacial score (nSPS) is 15.6. The van der Waals surface area contributed by atoms with E-state index in [-0.39, 0.29) is 0 Å². The fourth-order valence-corrected chi connectivity index (χ4v) is 2.54. The zero-order valence-electron chi connectivity index (χ0n) is 10.0. The van der Waals surface area contributed by atoms with Crippen molar-refractivity contribution in [3.05, 3.63) is 47.0 Å². The molecule has 2 aromatic rings. The van der Waals surface area contributed by atoms with E-state index in [9.17, 15) is 0 Å². The summed E-state index contributed by atoms with van der Waals surface area (Å²) >= 11 is 6.20. The molecule has 0 bridgehead atoms. The number of nitrogens with two attached hydrogens (primary N) is 1. The molecule has 18 heavy (non-hydrogen) atoms. The lowest BCUT2D eigenvalue weighted by Crippen LogP contribution is -2.33. The molecule has 1 aromatic heterocycles. The van der Waals surface area contributed by atoms with Gasteiger partial charge in [0, 0.05) is 42.7 Å². The minimum absolute atomic E-state index is 0.706. The fourth-order valence-electron chi connectivity index (χ4n) is 2.29. The molecule has 0 unspecified atom stereocenters. The van der Waals surface area contributed by atoms with E-state index in [1.54, 1.807) is 0 Å². The van der Waals surface area contributed by atoms with E-state index in [2.05, 4.69) is 14.5 Å². The van der Waals surface area contributed by atoms with Crippen LogP contribution >= 0.6 is 11.6 Å². The van der Waals surface area contributed by atoms with Gasteiger partial charge in [-0.1, -0.05) is 17.7 Å². The van der Waals surface area contributed by atoms with Gasteiger partial charge in [0.1, 0.15) is 5.82 Å². The van der Waals surface area contributed by atoms with Gasteiger partial charge in [-0.3, -0.25) is 4.90 Å². The van der Waals surface area contributed by atoms with E-state index in [4.69, 9.17) is 17.3 Å². The van der Waals surface area contributed by atoms with Crippen LogP contribution in [0.15, 0.2) is 30.6 Å². The number of anilines is 1. The lowest BCUT2D eigenvalue weighted by atomic mass is 10.2. The van der Waals surface area contributed by atoms with Crippen molar-refractivity contribution in [2.24, 2.45) is 0 Å². The maximum Gasteiger partial charge on any atom is 0.122 e. The number of hydrogen-bond donors (Lipinski definition) is 1. The summed E-state index contributed by atoms with van der Waals surface area (Å²) in [6, 6.07) is 5.70. The minimum Gasteiger partial charge on any atom is -0.399 e. The molecule has 0 spiro atoms. The predicted molar refractivity (Wildman–Crippen MR) is 72.2 cm³/mol. The Kier molecular flexibility index (Phi) is 2.97. The largest absolute Gasteiger partial charge is 0.399 e. The molecule has 0 saturated carbocycles. The van der Waals surface area contributed by atoms with Crippen LogP contribution in [0.4, 0.5) is 5.69 Å². The molecule has 4 nitrogen and oxygen atoms in total. The molecule has 94 valence electrons. The van der Waals surface area contributed by atoms with Crippen molar-refractivity contribution >= 4 is 17.3 Å². The Hall–Kier alpha value is -1.52. The lowest BCUT2D eigenvalue weighted by Gasteiger charge is -2.27. The summed E-state index contributed by atoms with van der Waals surface area (Å²) in [7, 11) is 0. The number of imidazole rings is 1. The lowest BCUT2D eigenvalue weighted by molar-refractivity contribution is 0.209. The van der Waals surface area contributed by atoms with Crippen LogP contribution in [-0.2, 0) is 19.6 Å². The summed E-state index contributed by atoms with van der Waals surface area (Å²) in [6.07, 6.45) is 3.89. The van der Waals surface area contributed by atoms with Crippen LogP contribution in [0.1, 0.15) is 11.4 Å². The zero-order chi connectivity index (χ0) is 12.5. The van der Waals surface area contributed by atoms with Crippen LogP contribution in [0.3, 0.4) is 0 Å². The van der Waals surface area contributed by atoms with E-state index < -0.39 is 0 Å². The van der Waals surface area contributed by atoms with E-state index in [0.29, 0.717) is 5.69 Å². The first kappa shape index (κ1) is 11.6. The number of nitrogens with zero attached hydrogens (tertiary/aromatic N) is 3. The van der Waals surface area contributed by atoms with Crippen molar-refractivity contribution in [3.63, 3.8) is 0 Å². The van der Waals surface area contributed by atoms with Gasteiger partial charge in [-0.25, -0.2) is 4.98 Å². The Labute approximate surface area is 111 Å². The third kappa shape index (κ3) is 2.21. The third-order valence-corrected chi connectivity index (χ3v) is 3.65. The van der Waals surface area contributed by atoms with Crippen molar-refractivity contribution < 1.29 is 0 Å². The minimum atomic E-state index is 0.706. The number of rotatable bonds is 2. The molecule has 0 radical (unpaired) electrons. The van der Waals surface area contributed by atoms with Gasteiger partial charge in [-0.15, -0.1) is 0 Å². The summed E-state index contributed by atoms with van der Waals surface area (Å²) in [4.78, 5) is 6.70. The summed E-state index contributed by atoms with van der Waals surface area (Å²) in [5.41, 5.74) is 7.52. The van der Waals surface area contributed by atoms with Gasteiger partial charge in [-0.2, -0.15) is 0 Å². The van der Waals surface area contributed by atoms with Gasteiger partial charge in [-0.05, 0) is 17.7 Å². The van der Waals surface area contributed by atoms with Crippen molar-refractivity contribution in [3.8, 4) is 0 Å². The van der Waals surface area contributed by atoms with Gasteiger partial charge in [0.25, 0.3) is 0 Å². The summed E-state index contributed by atoms with van der Waals surface area (Å²) < 4.78 is 2.20. The van der Waals surface area contributed by atoms with E-state index >= 15 is 0 Å². The molecule has 0 saturated heterocycles. The number of benzene rings is 1. The molecule has 0 fully saturated rings. The number of fused-ring (bicyclic) bond motifs is 1. The summed E-state index contributed by atoms with van der Waals surface area (Å²) in [5.74, 6) is 1.12. The standard InChI is InChI=1S/C13H15ClN4/c14-12-7-11(15)2-1-10(12)8-17-5-6-18-4-3-16-13(18)9-17/h1-4,7H,5-6,8-9,15H2. The van der Waals surface area contributed by atoms with Gasteiger partial charge in [0.05, 0.1) is 6.54 Å². The molecular weight excluding hydrogens is 248 g/mol. The maximum atomic E-state index is 6.20. The quantitative estimate of drug-likeness (QED) is 0.844. The Morgan fingerprint density at radius 3 is 3.06 bits per heavy atom. The summed E-state index contributed by atoms with van der Waals surface area (Å²) in [6.45, 7) is 3.71. The van der Waals surface area contributed by atoms with E-state index in [0.717, 1.165) is 42.6 Å². The first-order valence-electron chi connectivity index (χ1n) is 5.98. The van der Waals surface area contributed by atoms with Crippen LogP contribution in [0.2, 0.25) is 5.02 Å². The number of nitrogen functional groups attached to an aromatic ring is 1. The average molecular weight is 263 g/mol. The van der Waals surface area contributed by atoms with Gasteiger partial charge in [0.2, 0.25) is 0 Å². The van der Waals surface area contributed by atoms with E-state index in [1.807, 2.05) is 30.6 Å². The van der Waals surface area contributed by atoms with Crippen LogP contribution < -0.4 is 5.73 Å². The molecular formula is C13H15ClN4. The zero-order valence-corrected chi connectivity index (χ0v) is 10.8. The van der Waals surface area contributed by atoms with Gasteiger partial charge >= 0.3 is 0 Å². The SMILES string of the molecule is Nc1ccc(CN2CCn3ccnc3C2)c(Cl)c1. The Bertz CT molecular complexity index is 564. The molecule has 2 N–H and O–H groups in total. The van der Waals surface area contributed by atoms with Crippen LogP contribution in [0, 0.1) is 0 Å². The molecule has 3 rings (SSSR count). The van der Waals surface area contributed by atoms with Crippen molar-refractivity contribution in [1.29, 1.82) is 0 Å². The van der Waals surface area contributed by atoms with Crippen molar-refractivity contribution in [1.82, 2.24) is 14.5 Å². The first-order chi connectivity index (χ1) is 8.72. The third-order valence-electron chi connectivity index (χ3n) is 3.29. The number of aromatic nitrogens is 2. The molecule has 1 aliphatic rings. The molecule has 5 heteroatoms. The second-order valence-electron chi connectivity index (χ2n) is 4.60. The highest BCUT2D eigenvalue weighted by molar-refractivity contribution is 6.31. The molecule has 0 atom stereocenters. The van der Waals surface area contributed by atoms with Crippen LogP contribution in [0.25, 0.3) is 0 Å². The number of halogens is 1. The topological polar surface area (TPSA) is 47.1 Å². The number of hydrogen-bond acceptors (Lipinski definition) is 3. The Balaban J connectivity index is 1.74. The van der Waals surface area contributed by atoms with Crippen LogP contribution in [0.5, 0.6) is 0 Å².